The molecule has 2 heterocycles. The van der Waals surface area contributed by atoms with Gasteiger partial charge in [-0.05, 0) is 38.2 Å². The molecule has 2 aliphatic rings. The molecule has 0 radical (unpaired) electrons. The molecule has 0 aliphatic carbocycles. The first kappa shape index (κ1) is 19.3. The van der Waals surface area contributed by atoms with Crippen LogP contribution in [-0.2, 0) is 9.59 Å². The molecule has 0 unspecified atom stereocenters. The number of fused-ring (bicyclic) bond motifs is 2. The molecule has 29 heavy (non-hydrogen) atoms. The summed E-state index contributed by atoms with van der Waals surface area (Å²) in [6.07, 6.45) is 0.111. The van der Waals surface area contributed by atoms with E-state index in [1.54, 1.807) is 4.90 Å². The summed E-state index contributed by atoms with van der Waals surface area (Å²) in [5, 5.41) is 2.88. The van der Waals surface area contributed by atoms with Crippen molar-refractivity contribution in [3.05, 3.63) is 48.5 Å². The number of hydrogen-bond acceptors (Lipinski definition) is 5. The van der Waals surface area contributed by atoms with Crippen LogP contribution in [0.2, 0.25) is 0 Å². The minimum absolute atomic E-state index is 0.0546. The van der Waals surface area contributed by atoms with Crippen molar-refractivity contribution >= 4 is 23.2 Å². The Morgan fingerprint density at radius 3 is 2.72 bits per heavy atom. The average molecular weight is 395 g/mol. The molecular weight excluding hydrogens is 370 g/mol. The first-order chi connectivity index (χ1) is 14.0. The van der Waals surface area contributed by atoms with Crippen molar-refractivity contribution in [2.24, 2.45) is 0 Å². The Bertz CT molecular complexity index is 916. The predicted octanol–water partition coefficient (Wildman–Crippen LogP) is 2.52. The number of hydrogen-bond donors (Lipinski definition) is 1. The van der Waals surface area contributed by atoms with Gasteiger partial charge in [-0.3, -0.25) is 14.5 Å². The summed E-state index contributed by atoms with van der Waals surface area (Å²) in [6.45, 7) is 3.11. The molecule has 2 aromatic rings. The summed E-state index contributed by atoms with van der Waals surface area (Å²) in [6, 6.07) is 14.8. The maximum atomic E-state index is 13.2. The summed E-state index contributed by atoms with van der Waals surface area (Å²) in [5.74, 6) is 1.33. The normalized spacial score (nSPS) is 20.7. The highest BCUT2D eigenvalue weighted by molar-refractivity contribution is 6.04. The fourth-order valence-corrected chi connectivity index (χ4v) is 3.84. The van der Waals surface area contributed by atoms with E-state index in [1.807, 2.05) is 67.4 Å². The summed E-state index contributed by atoms with van der Waals surface area (Å²) in [5.41, 5.74) is 1.40. The van der Waals surface area contributed by atoms with E-state index in [1.165, 1.54) is 0 Å². The Labute approximate surface area is 170 Å². The summed E-state index contributed by atoms with van der Waals surface area (Å²) < 4.78 is 11.8. The summed E-state index contributed by atoms with van der Waals surface area (Å²) in [7, 11) is 1.89. The van der Waals surface area contributed by atoms with E-state index in [0.29, 0.717) is 18.8 Å². The Morgan fingerprint density at radius 2 is 1.90 bits per heavy atom. The number of anilines is 2. The van der Waals surface area contributed by atoms with Gasteiger partial charge in [0.25, 0.3) is 0 Å². The topological polar surface area (TPSA) is 71.1 Å². The molecule has 0 saturated heterocycles. The molecule has 0 bridgehead atoms. The van der Waals surface area contributed by atoms with Crippen molar-refractivity contribution in [2.45, 2.75) is 25.5 Å². The smallest absolute Gasteiger partial charge is 0.241 e. The van der Waals surface area contributed by atoms with Crippen LogP contribution in [0.3, 0.4) is 0 Å². The van der Waals surface area contributed by atoms with E-state index in [4.69, 9.17) is 9.47 Å². The Balaban J connectivity index is 1.43. The second-order valence-electron chi connectivity index (χ2n) is 7.58. The monoisotopic (exact) mass is 395 g/mol. The van der Waals surface area contributed by atoms with Crippen LogP contribution >= 0.6 is 0 Å². The van der Waals surface area contributed by atoms with Gasteiger partial charge >= 0.3 is 0 Å². The molecule has 0 spiro atoms. The van der Waals surface area contributed by atoms with Crippen LogP contribution in [0, 0.1) is 0 Å². The number of para-hydroxylation sites is 4. The maximum absolute atomic E-state index is 13.2. The third kappa shape index (κ3) is 4.19. The molecule has 7 nitrogen and oxygen atoms in total. The Morgan fingerprint density at radius 1 is 1.17 bits per heavy atom. The number of carbonyl (C=O) groups is 2. The number of likely N-dealkylation sites (N-methyl/N-ethyl adjacent to an activating group) is 1. The van der Waals surface area contributed by atoms with E-state index in [-0.39, 0.29) is 36.9 Å². The van der Waals surface area contributed by atoms with Gasteiger partial charge in [-0.2, -0.15) is 0 Å². The zero-order valence-corrected chi connectivity index (χ0v) is 16.6. The SMILES string of the molecule is C[C@@H]1CC(=O)Nc2ccccc2N1C(=O)CN(C)C[C@H]1COc2ccccc2O1. The van der Waals surface area contributed by atoms with Crippen LogP contribution in [-0.4, -0.2) is 55.6 Å². The zero-order chi connectivity index (χ0) is 20.4. The second kappa shape index (κ2) is 8.13. The van der Waals surface area contributed by atoms with Crippen LogP contribution in [0.1, 0.15) is 13.3 Å². The van der Waals surface area contributed by atoms with Crippen molar-refractivity contribution in [1.82, 2.24) is 4.90 Å². The number of amides is 2. The van der Waals surface area contributed by atoms with Gasteiger partial charge in [-0.15, -0.1) is 0 Å². The van der Waals surface area contributed by atoms with E-state index < -0.39 is 0 Å². The highest BCUT2D eigenvalue weighted by Gasteiger charge is 2.30. The van der Waals surface area contributed by atoms with Crippen LogP contribution in [0.15, 0.2) is 48.5 Å². The summed E-state index contributed by atoms with van der Waals surface area (Å²) >= 11 is 0. The number of benzene rings is 2. The van der Waals surface area contributed by atoms with E-state index in [2.05, 4.69) is 5.32 Å². The minimum Gasteiger partial charge on any atom is -0.486 e. The number of nitrogens with one attached hydrogen (secondary N) is 1. The van der Waals surface area contributed by atoms with Gasteiger partial charge in [0.2, 0.25) is 11.8 Å². The van der Waals surface area contributed by atoms with Gasteiger partial charge in [0, 0.05) is 19.0 Å². The van der Waals surface area contributed by atoms with Crippen LogP contribution < -0.4 is 19.7 Å². The molecular formula is C22H25N3O4. The molecule has 0 aromatic heterocycles. The molecule has 2 aromatic carbocycles. The van der Waals surface area contributed by atoms with Crippen molar-refractivity contribution in [3.63, 3.8) is 0 Å². The molecule has 0 fully saturated rings. The van der Waals surface area contributed by atoms with E-state index >= 15 is 0 Å². The predicted molar refractivity (Wildman–Crippen MR) is 110 cm³/mol. The second-order valence-corrected chi connectivity index (χ2v) is 7.58. The molecule has 2 amide bonds. The standard InChI is InChI=1S/C22H25N3O4/c1-15-11-21(26)23-17-7-3-4-8-18(17)25(15)22(27)13-24(2)12-16-14-28-19-9-5-6-10-20(19)29-16/h3-10,15-16H,11-14H2,1-2H3,(H,23,26)/t15-,16+/m1/s1. The van der Waals surface area contributed by atoms with Gasteiger partial charge in [-0.1, -0.05) is 24.3 Å². The number of carbonyl (C=O) groups excluding carboxylic acids is 2. The molecule has 1 N–H and O–H groups in total. The van der Waals surface area contributed by atoms with Crippen molar-refractivity contribution in [1.29, 1.82) is 0 Å². The minimum atomic E-state index is -0.222. The molecule has 152 valence electrons. The number of nitrogens with zero attached hydrogens (tertiary/aromatic N) is 2. The van der Waals surface area contributed by atoms with Gasteiger partial charge in [0.15, 0.2) is 11.5 Å². The van der Waals surface area contributed by atoms with Gasteiger partial charge < -0.3 is 19.7 Å². The van der Waals surface area contributed by atoms with E-state index in [9.17, 15) is 9.59 Å². The van der Waals surface area contributed by atoms with Gasteiger partial charge in [-0.25, -0.2) is 0 Å². The first-order valence-electron chi connectivity index (χ1n) is 9.79. The largest absolute Gasteiger partial charge is 0.486 e. The third-order valence-electron chi connectivity index (χ3n) is 5.12. The fraction of sp³-hybridized carbons (Fsp3) is 0.364. The molecule has 0 saturated carbocycles. The fourth-order valence-electron chi connectivity index (χ4n) is 3.84. The molecule has 4 rings (SSSR count). The van der Waals surface area contributed by atoms with Crippen LogP contribution in [0.4, 0.5) is 11.4 Å². The zero-order valence-electron chi connectivity index (χ0n) is 16.6. The quantitative estimate of drug-likeness (QED) is 0.861. The van der Waals surface area contributed by atoms with Crippen molar-refractivity contribution < 1.29 is 19.1 Å². The lowest BCUT2D eigenvalue weighted by Gasteiger charge is -2.32. The van der Waals surface area contributed by atoms with Crippen LogP contribution in [0.25, 0.3) is 0 Å². The average Bonchev–Trinajstić information content (AvgIpc) is 2.81. The lowest BCUT2D eigenvalue weighted by atomic mass is 10.1. The Kier molecular flexibility index (Phi) is 5.40. The van der Waals surface area contributed by atoms with Gasteiger partial charge in [0.05, 0.1) is 17.9 Å². The van der Waals surface area contributed by atoms with Gasteiger partial charge in [0.1, 0.15) is 12.7 Å². The lowest BCUT2D eigenvalue weighted by molar-refractivity contribution is -0.120. The molecule has 2 aliphatic heterocycles. The highest BCUT2D eigenvalue weighted by Crippen LogP contribution is 2.32. The van der Waals surface area contributed by atoms with Crippen LogP contribution in [0.5, 0.6) is 11.5 Å². The summed E-state index contributed by atoms with van der Waals surface area (Å²) in [4.78, 5) is 28.9. The Hall–Kier alpha value is -3.06. The first-order valence-corrected chi connectivity index (χ1v) is 9.79. The number of rotatable bonds is 4. The molecule has 2 atom stereocenters. The number of ether oxygens (including phenoxy) is 2. The lowest BCUT2D eigenvalue weighted by Crippen LogP contribution is -2.47. The van der Waals surface area contributed by atoms with E-state index in [0.717, 1.165) is 17.2 Å². The maximum Gasteiger partial charge on any atom is 0.241 e. The van der Waals surface area contributed by atoms with Crippen molar-refractivity contribution in [2.75, 3.05) is 37.0 Å². The highest BCUT2D eigenvalue weighted by atomic mass is 16.6. The molecule has 7 heteroatoms. The van der Waals surface area contributed by atoms with Crippen molar-refractivity contribution in [3.8, 4) is 11.5 Å². The third-order valence-corrected chi connectivity index (χ3v) is 5.12.